The maximum Gasteiger partial charge on any atom is 0.336 e. The quantitative estimate of drug-likeness (QED) is 0.865. The summed E-state index contributed by atoms with van der Waals surface area (Å²) >= 11 is 0. The lowest BCUT2D eigenvalue weighted by molar-refractivity contribution is 0.0696. The molecule has 2 aromatic rings. The Morgan fingerprint density at radius 1 is 1.00 bits per heavy atom. The summed E-state index contributed by atoms with van der Waals surface area (Å²) in [5.41, 5.74) is 1.53. The van der Waals surface area contributed by atoms with Gasteiger partial charge in [0.15, 0.2) is 0 Å². The molecule has 2 rings (SSSR count). The summed E-state index contributed by atoms with van der Waals surface area (Å²) in [6.07, 6.45) is 0. The van der Waals surface area contributed by atoms with E-state index in [1.54, 1.807) is 26.2 Å². The van der Waals surface area contributed by atoms with Crippen molar-refractivity contribution in [3.8, 4) is 11.8 Å². The van der Waals surface area contributed by atoms with Crippen molar-refractivity contribution >= 4 is 11.9 Å². The molecular formula is C18H15NO3. The number of rotatable bonds is 2. The van der Waals surface area contributed by atoms with Crippen LogP contribution in [0.5, 0.6) is 0 Å². The Morgan fingerprint density at radius 3 is 2.27 bits per heavy atom. The lowest BCUT2D eigenvalue weighted by Crippen LogP contribution is -2.22. The van der Waals surface area contributed by atoms with E-state index in [9.17, 15) is 14.7 Å². The van der Waals surface area contributed by atoms with Crippen molar-refractivity contribution in [3.63, 3.8) is 0 Å². The first kappa shape index (κ1) is 15.3. The van der Waals surface area contributed by atoms with Crippen molar-refractivity contribution in [3.05, 3.63) is 70.8 Å². The van der Waals surface area contributed by atoms with E-state index in [0.29, 0.717) is 11.1 Å². The standard InChI is InChI=1S/C18H15NO3/c1-19(2)17(20)15-11-10-14(16(12-15)18(21)22)9-8-13-6-4-3-5-7-13/h3-7,10-12H,1-2H3,(H,21,22). The Kier molecular flexibility index (Phi) is 4.60. The molecule has 1 amide bonds. The number of hydrogen-bond acceptors (Lipinski definition) is 2. The van der Waals surface area contributed by atoms with Gasteiger partial charge in [-0.3, -0.25) is 4.79 Å². The normalized spacial score (nSPS) is 9.55. The van der Waals surface area contributed by atoms with Gasteiger partial charge < -0.3 is 10.0 Å². The monoisotopic (exact) mass is 293 g/mol. The number of carbonyl (C=O) groups excluding carboxylic acids is 1. The van der Waals surface area contributed by atoms with Gasteiger partial charge in [-0.15, -0.1) is 0 Å². The minimum Gasteiger partial charge on any atom is -0.478 e. The summed E-state index contributed by atoms with van der Waals surface area (Å²) in [7, 11) is 3.23. The zero-order valence-electron chi connectivity index (χ0n) is 12.3. The number of nitrogens with zero attached hydrogens (tertiary/aromatic N) is 1. The first-order chi connectivity index (χ1) is 10.5. The largest absolute Gasteiger partial charge is 0.478 e. The molecule has 0 fully saturated rings. The van der Waals surface area contributed by atoms with Gasteiger partial charge in [0.2, 0.25) is 0 Å². The molecule has 0 atom stereocenters. The average molecular weight is 293 g/mol. The van der Waals surface area contributed by atoms with Crippen molar-refractivity contribution in [2.24, 2.45) is 0 Å². The molecular weight excluding hydrogens is 278 g/mol. The van der Waals surface area contributed by atoms with E-state index in [2.05, 4.69) is 11.8 Å². The predicted molar refractivity (Wildman–Crippen MR) is 83.8 cm³/mol. The number of hydrogen-bond donors (Lipinski definition) is 1. The molecule has 0 bridgehead atoms. The Hall–Kier alpha value is -3.06. The van der Waals surface area contributed by atoms with Crippen LogP contribution in [0.15, 0.2) is 48.5 Å². The number of amides is 1. The van der Waals surface area contributed by atoms with Crippen molar-refractivity contribution in [1.29, 1.82) is 0 Å². The van der Waals surface area contributed by atoms with Crippen molar-refractivity contribution in [1.82, 2.24) is 4.90 Å². The van der Waals surface area contributed by atoms with Gasteiger partial charge in [0.1, 0.15) is 0 Å². The molecule has 22 heavy (non-hydrogen) atoms. The van der Waals surface area contributed by atoms with E-state index in [-0.39, 0.29) is 11.5 Å². The molecule has 4 heteroatoms. The average Bonchev–Trinajstić information content (AvgIpc) is 2.52. The van der Waals surface area contributed by atoms with Crippen LogP contribution in [0.1, 0.15) is 31.8 Å². The highest BCUT2D eigenvalue weighted by Gasteiger charge is 2.14. The summed E-state index contributed by atoms with van der Waals surface area (Å²) in [5.74, 6) is 4.42. The van der Waals surface area contributed by atoms with Gasteiger partial charge in [0.25, 0.3) is 5.91 Å². The number of aromatic carboxylic acids is 1. The SMILES string of the molecule is CN(C)C(=O)c1ccc(C#Cc2ccccc2)c(C(=O)O)c1. The molecule has 0 heterocycles. The molecule has 0 saturated carbocycles. The summed E-state index contributed by atoms with van der Waals surface area (Å²) < 4.78 is 0. The highest BCUT2D eigenvalue weighted by atomic mass is 16.4. The second-order valence-electron chi connectivity index (χ2n) is 4.88. The second kappa shape index (κ2) is 6.59. The molecule has 0 unspecified atom stereocenters. The van der Waals surface area contributed by atoms with E-state index < -0.39 is 5.97 Å². The molecule has 0 aliphatic rings. The molecule has 0 saturated heterocycles. The van der Waals surface area contributed by atoms with Gasteiger partial charge >= 0.3 is 5.97 Å². The first-order valence-electron chi connectivity index (χ1n) is 6.65. The van der Waals surface area contributed by atoms with Crippen LogP contribution in [0.25, 0.3) is 0 Å². The van der Waals surface area contributed by atoms with Crippen LogP contribution in [-0.2, 0) is 0 Å². The van der Waals surface area contributed by atoms with Crippen LogP contribution < -0.4 is 0 Å². The van der Waals surface area contributed by atoms with Crippen molar-refractivity contribution < 1.29 is 14.7 Å². The fourth-order valence-electron chi connectivity index (χ4n) is 1.88. The number of carboxylic acids is 1. The van der Waals surface area contributed by atoms with Crippen molar-refractivity contribution in [2.75, 3.05) is 14.1 Å². The lowest BCUT2D eigenvalue weighted by Gasteiger charge is -2.11. The summed E-state index contributed by atoms with van der Waals surface area (Å²) in [4.78, 5) is 24.7. The van der Waals surface area contributed by atoms with Crippen LogP contribution in [0, 0.1) is 11.8 Å². The number of benzene rings is 2. The highest BCUT2D eigenvalue weighted by Crippen LogP contribution is 2.13. The molecule has 2 aromatic carbocycles. The highest BCUT2D eigenvalue weighted by molar-refractivity contribution is 5.98. The summed E-state index contributed by atoms with van der Waals surface area (Å²) in [6.45, 7) is 0. The molecule has 0 radical (unpaired) electrons. The number of carboxylic acid groups (broad SMARTS) is 1. The zero-order valence-corrected chi connectivity index (χ0v) is 12.3. The molecule has 0 aliphatic heterocycles. The van der Waals surface area contributed by atoms with E-state index >= 15 is 0 Å². The molecule has 0 spiro atoms. The first-order valence-corrected chi connectivity index (χ1v) is 6.65. The summed E-state index contributed by atoms with van der Waals surface area (Å²) in [5, 5.41) is 9.31. The fourth-order valence-corrected chi connectivity index (χ4v) is 1.88. The van der Waals surface area contributed by atoms with Crippen molar-refractivity contribution in [2.45, 2.75) is 0 Å². The maximum absolute atomic E-state index is 11.9. The van der Waals surface area contributed by atoms with Gasteiger partial charge in [-0.1, -0.05) is 30.0 Å². The lowest BCUT2D eigenvalue weighted by atomic mass is 10.0. The van der Waals surface area contributed by atoms with Gasteiger partial charge in [-0.25, -0.2) is 4.79 Å². The third kappa shape index (κ3) is 3.53. The number of carbonyl (C=O) groups is 2. The second-order valence-corrected chi connectivity index (χ2v) is 4.88. The van der Waals surface area contributed by atoms with Crippen LogP contribution in [-0.4, -0.2) is 36.0 Å². The topological polar surface area (TPSA) is 57.6 Å². The maximum atomic E-state index is 11.9. The molecule has 4 nitrogen and oxygen atoms in total. The van der Waals surface area contributed by atoms with Gasteiger partial charge in [0, 0.05) is 30.8 Å². The minimum atomic E-state index is -1.11. The fraction of sp³-hybridized carbons (Fsp3) is 0.111. The van der Waals surface area contributed by atoms with Gasteiger partial charge in [0.05, 0.1) is 5.56 Å². The predicted octanol–water partition coefficient (Wildman–Crippen LogP) is 2.49. The van der Waals surface area contributed by atoms with E-state index in [0.717, 1.165) is 5.56 Å². The molecule has 0 aliphatic carbocycles. The Balaban J connectivity index is 2.43. The summed E-state index contributed by atoms with van der Waals surface area (Å²) in [6, 6.07) is 13.8. The van der Waals surface area contributed by atoms with E-state index in [1.165, 1.54) is 11.0 Å². The van der Waals surface area contributed by atoms with E-state index in [1.807, 2.05) is 30.3 Å². The zero-order chi connectivity index (χ0) is 16.1. The Bertz CT molecular complexity index is 768. The minimum absolute atomic E-state index is 0.0242. The smallest absolute Gasteiger partial charge is 0.336 e. The Morgan fingerprint density at radius 2 is 1.68 bits per heavy atom. The van der Waals surface area contributed by atoms with Crippen LogP contribution in [0.4, 0.5) is 0 Å². The molecule has 1 N–H and O–H groups in total. The third-order valence-corrected chi connectivity index (χ3v) is 3.02. The van der Waals surface area contributed by atoms with Crippen LogP contribution >= 0.6 is 0 Å². The van der Waals surface area contributed by atoms with Crippen LogP contribution in [0.3, 0.4) is 0 Å². The molecule has 0 aromatic heterocycles. The third-order valence-electron chi connectivity index (χ3n) is 3.02. The Labute approximate surface area is 129 Å². The van der Waals surface area contributed by atoms with Gasteiger partial charge in [-0.2, -0.15) is 0 Å². The molecule has 110 valence electrons. The van der Waals surface area contributed by atoms with Crippen LogP contribution in [0.2, 0.25) is 0 Å². The van der Waals surface area contributed by atoms with Gasteiger partial charge in [-0.05, 0) is 30.3 Å². The van der Waals surface area contributed by atoms with E-state index in [4.69, 9.17) is 0 Å².